The zero-order valence-electron chi connectivity index (χ0n) is 14.6. The molecule has 1 heterocycles. The number of hydrogen-bond donors (Lipinski definition) is 2. The van der Waals surface area contributed by atoms with Crippen LogP contribution in [0.2, 0.25) is 5.28 Å². The lowest BCUT2D eigenvalue weighted by molar-refractivity contribution is -0.924. The molecule has 1 aromatic rings. The summed E-state index contributed by atoms with van der Waals surface area (Å²) in [5.41, 5.74) is 0. The van der Waals surface area contributed by atoms with Gasteiger partial charge in [-0.2, -0.15) is 15.0 Å². The number of aromatic nitrogens is 3. The summed E-state index contributed by atoms with van der Waals surface area (Å²) in [5, 5.41) is 6.69. The normalized spacial score (nSPS) is 12.0. The molecule has 7 heteroatoms. The summed E-state index contributed by atoms with van der Waals surface area (Å²) in [7, 11) is 0. The van der Waals surface area contributed by atoms with Crippen LogP contribution in [0.25, 0.3) is 0 Å². The highest BCUT2D eigenvalue weighted by molar-refractivity contribution is 6.28. The predicted octanol–water partition coefficient (Wildman–Crippen LogP) is 3.23. The molecule has 0 radical (unpaired) electrons. The summed E-state index contributed by atoms with van der Waals surface area (Å²) >= 11 is 5.99. The van der Waals surface area contributed by atoms with E-state index >= 15 is 0 Å². The zero-order chi connectivity index (χ0) is 16.8. The fourth-order valence-electron chi connectivity index (χ4n) is 2.53. The number of anilines is 2. The number of halogens is 1. The van der Waals surface area contributed by atoms with Gasteiger partial charge in [0.25, 0.3) is 0 Å². The SMILES string of the molecule is CC[N+](CC)(CNc1nc(Cl)nc(NC(C)C)n1)CC(C)C. The topological polar surface area (TPSA) is 62.7 Å². The van der Waals surface area contributed by atoms with Gasteiger partial charge in [-0.25, -0.2) is 0 Å². The fourth-order valence-corrected chi connectivity index (χ4v) is 2.69. The van der Waals surface area contributed by atoms with Crippen LogP contribution in [0, 0.1) is 5.92 Å². The largest absolute Gasteiger partial charge is 0.352 e. The average Bonchev–Trinajstić information content (AvgIpc) is 2.42. The highest BCUT2D eigenvalue weighted by atomic mass is 35.5. The molecule has 6 nitrogen and oxygen atoms in total. The Bertz CT molecular complexity index is 459. The van der Waals surface area contributed by atoms with E-state index in [-0.39, 0.29) is 11.3 Å². The van der Waals surface area contributed by atoms with E-state index < -0.39 is 0 Å². The van der Waals surface area contributed by atoms with Crippen molar-refractivity contribution in [2.45, 2.75) is 47.6 Å². The summed E-state index contributed by atoms with van der Waals surface area (Å²) in [4.78, 5) is 12.7. The molecule has 0 fully saturated rings. The fraction of sp³-hybridized carbons (Fsp3) is 0.800. The Hall–Kier alpha value is -1.14. The van der Waals surface area contributed by atoms with Crippen molar-refractivity contribution in [1.29, 1.82) is 0 Å². The van der Waals surface area contributed by atoms with Crippen molar-refractivity contribution in [1.82, 2.24) is 15.0 Å². The second-order valence-corrected chi connectivity index (χ2v) is 6.77. The number of quaternary nitrogens is 1. The van der Waals surface area contributed by atoms with E-state index in [1.54, 1.807) is 0 Å². The number of rotatable bonds is 9. The lowest BCUT2D eigenvalue weighted by Crippen LogP contribution is -2.53. The maximum atomic E-state index is 5.99. The van der Waals surface area contributed by atoms with Crippen LogP contribution < -0.4 is 10.6 Å². The highest BCUT2D eigenvalue weighted by Gasteiger charge is 2.24. The van der Waals surface area contributed by atoms with Crippen LogP contribution in [0.1, 0.15) is 41.5 Å². The zero-order valence-corrected chi connectivity index (χ0v) is 15.4. The first-order valence-corrected chi connectivity index (χ1v) is 8.45. The maximum absolute atomic E-state index is 5.99. The van der Waals surface area contributed by atoms with Crippen molar-refractivity contribution in [3.05, 3.63) is 5.28 Å². The molecule has 0 aliphatic carbocycles. The van der Waals surface area contributed by atoms with Crippen LogP contribution in [0.15, 0.2) is 0 Å². The van der Waals surface area contributed by atoms with Crippen molar-refractivity contribution in [2.24, 2.45) is 5.92 Å². The Labute approximate surface area is 139 Å². The van der Waals surface area contributed by atoms with Gasteiger partial charge in [-0.15, -0.1) is 0 Å². The molecule has 0 aromatic carbocycles. The van der Waals surface area contributed by atoms with Gasteiger partial charge in [0.2, 0.25) is 17.2 Å². The van der Waals surface area contributed by atoms with Crippen molar-refractivity contribution in [3.8, 4) is 0 Å². The van der Waals surface area contributed by atoms with E-state index in [4.69, 9.17) is 11.6 Å². The van der Waals surface area contributed by atoms with Gasteiger partial charge in [0.05, 0.1) is 19.6 Å². The Kier molecular flexibility index (Phi) is 7.29. The summed E-state index contributed by atoms with van der Waals surface area (Å²) in [6.07, 6.45) is 0. The third kappa shape index (κ3) is 5.93. The van der Waals surface area contributed by atoms with Crippen LogP contribution in [0.5, 0.6) is 0 Å². The number of hydrogen-bond acceptors (Lipinski definition) is 5. The van der Waals surface area contributed by atoms with Gasteiger partial charge in [0, 0.05) is 12.0 Å². The second-order valence-electron chi connectivity index (χ2n) is 6.44. The monoisotopic (exact) mass is 329 g/mol. The van der Waals surface area contributed by atoms with Gasteiger partial charge in [0.1, 0.15) is 0 Å². The van der Waals surface area contributed by atoms with Gasteiger partial charge < -0.3 is 15.1 Å². The Morgan fingerprint density at radius 1 is 1.00 bits per heavy atom. The van der Waals surface area contributed by atoms with E-state index in [1.165, 1.54) is 0 Å². The Morgan fingerprint density at radius 3 is 2.09 bits per heavy atom. The summed E-state index contributed by atoms with van der Waals surface area (Å²) in [6, 6.07) is 0.244. The minimum atomic E-state index is 0.204. The molecule has 1 rings (SSSR count). The van der Waals surface area contributed by atoms with Crippen LogP contribution in [0.4, 0.5) is 11.9 Å². The molecule has 0 atom stereocenters. The maximum Gasteiger partial charge on any atom is 0.233 e. The third-order valence-corrected chi connectivity index (χ3v) is 3.86. The molecule has 0 saturated heterocycles. The van der Waals surface area contributed by atoms with Crippen LogP contribution in [-0.2, 0) is 0 Å². The van der Waals surface area contributed by atoms with Crippen molar-refractivity contribution >= 4 is 23.5 Å². The second kappa shape index (κ2) is 8.48. The smallest absolute Gasteiger partial charge is 0.233 e. The molecule has 0 aliphatic heterocycles. The average molecular weight is 330 g/mol. The van der Waals surface area contributed by atoms with Gasteiger partial charge in [-0.1, -0.05) is 13.8 Å². The lowest BCUT2D eigenvalue weighted by Gasteiger charge is -2.38. The quantitative estimate of drug-likeness (QED) is 0.538. The third-order valence-electron chi connectivity index (χ3n) is 3.69. The molecule has 0 bridgehead atoms. The molecule has 0 saturated carbocycles. The minimum Gasteiger partial charge on any atom is -0.352 e. The molecule has 1 aromatic heterocycles. The first-order chi connectivity index (χ1) is 10.3. The highest BCUT2D eigenvalue weighted by Crippen LogP contribution is 2.14. The molecule has 0 unspecified atom stereocenters. The van der Waals surface area contributed by atoms with Gasteiger partial charge >= 0.3 is 0 Å². The Morgan fingerprint density at radius 2 is 1.59 bits per heavy atom. The number of nitrogens with zero attached hydrogens (tertiary/aromatic N) is 4. The van der Waals surface area contributed by atoms with E-state index in [2.05, 4.69) is 53.3 Å². The molecule has 0 aliphatic rings. The lowest BCUT2D eigenvalue weighted by atomic mass is 10.2. The van der Waals surface area contributed by atoms with E-state index in [1.807, 2.05) is 13.8 Å². The Balaban J connectivity index is 2.82. The summed E-state index contributed by atoms with van der Waals surface area (Å²) in [5.74, 6) is 1.67. The van der Waals surface area contributed by atoms with Crippen LogP contribution in [0.3, 0.4) is 0 Å². The van der Waals surface area contributed by atoms with E-state index in [0.29, 0.717) is 17.8 Å². The molecule has 2 N–H and O–H groups in total. The minimum absolute atomic E-state index is 0.204. The summed E-state index contributed by atoms with van der Waals surface area (Å²) < 4.78 is 0.980. The molecule has 0 amide bonds. The first kappa shape index (κ1) is 18.9. The molecule has 126 valence electrons. The molecular formula is C15H30ClN6+. The van der Waals surface area contributed by atoms with Gasteiger partial charge in [-0.3, -0.25) is 0 Å². The predicted molar refractivity (Wildman–Crippen MR) is 93.1 cm³/mol. The first-order valence-electron chi connectivity index (χ1n) is 8.07. The van der Waals surface area contributed by atoms with E-state index in [9.17, 15) is 0 Å². The van der Waals surface area contributed by atoms with Crippen molar-refractivity contribution in [3.63, 3.8) is 0 Å². The van der Waals surface area contributed by atoms with Crippen molar-refractivity contribution < 1.29 is 4.48 Å². The van der Waals surface area contributed by atoms with Crippen LogP contribution >= 0.6 is 11.6 Å². The standard InChI is InChI=1S/C15H30ClN6/c1-7-22(8-2,9-11(3)4)10-17-14-19-13(16)20-15(21-14)18-12(5)6/h11-12H,7-10H2,1-6H3,(H2,17,18,19,20,21)/q+1. The van der Waals surface area contributed by atoms with Gasteiger partial charge in [-0.05, 0) is 39.3 Å². The molecule has 22 heavy (non-hydrogen) atoms. The number of nitrogens with one attached hydrogen (secondary N) is 2. The van der Waals surface area contributed by atoms with Crippen molar-refractivity contribution in [2.75, 3.05) is 36.9 Å². The molecular weight excluding hydrogens is 300 g/mol. The molecule has 0 spiro atoms. The van der Waals surface area contributed by atoms with E-state index in [0.717, 1.165) is 30.8 Å². The summed E-state index contributed by atoms with van der Waals surface area (Å²) in [6.45, 7) is 17.1. The van der Waals surface area contributed by atoms with Crippen LogP contribution in [-0.4, -0.2) is 51.8 Å². The van der Waals surface area contributed by atoms with Gasteiger partial charge in [0.15, 0.2) is 6.67 Å².